The molecule has 0 aliphatic heterocycles. The summed E-state index contributed by atoms with van der Waals surface area (Å²) in [6.45, 7) is 1.21. The molecule has 0 radical (unpaired) electrons. The van der Waals surface area contributed by atoms with Crippen molar-refractivity contribution in [2.45, 2.75) is 19.4 Å². The number of nitrogens with one attached hydrogen (secondary N) is 1. The number of benzene rings is 3. The van der Waals surface area contributed by atoms with Gasteiger partial charge in [0.25, 0.3) is 5.91 Å². The average molecular weight is 490 g/mol. The first-order valence-corrected chi connectivity index (χ1v) is 11.7. The highest BCUT2D eigenvalue weighted by Gasteiger charge is 2.17. The van der Waals surface area contributed by atoms with Crippen LogP contribution in [0.3, 0.4) is 0 Å². The maximum atomic E-state index is 12.8. The van der Waals surface area contributed by atoms with Crippen LogP contribution < -0.4 is 24.3 Å². The number of aryl methyl sites for hydroxylation is 1. The van der Waals surface area contributed by atoms with Crippen molar-refractivity contribution in [2.24, 2.45) is 0 Å². The van der Waals surface area contributed by atoms with Gasteiger partial charge in [-0.2, -0.15) is 0 Å². The number of amides is 1. The van der Waals surface area contributed by atoms with Crippen LogP contribution in [-0.2, 0) is 13.0 Å². The standard InChI is InChI=1S/C28H31N3O5/c1-33-21-13-11-19(12-14-21)18-31-23-9-6-5-8-22(23)30-26(31)10-7-15-29-28(32)20-16-24(34-2)27(36-4)25(17-20)35-3/h5-6,8-9,11-14,16-17H,7,10,15,18H2,1-4H3,(H,29,32). The Kier molecular flexibility index (Phi) is 7.95. The van der Waals surface area contributed by atoms with E-state index in [1.807, 2.05) is 30.3 Å². The lowest BCUT2D eigenvalue weighted by atomic mass is 10.1. The number of hydrogen-bond acceptors (Lipinski definition) is 6. The van der Waals surface area contributed by atoms with Gasteiger partial charge in [0.1, 0.15) is 11.6 Å². The molecule has 1 N–H and O–H groups in total. The summed E-state index contributed by atoms with van der Waals surface area (Å²) in [6, 6.07) is 19.5. The normalized spacial score (nSPS) is 10.8. The summed E-state index contributed by atoms with van der Waals surface area (Å²) in [5.41, 5.74) is 3.65. The zero-order valence-electron chi connectivity index (χ0n) is 21.0. The first kappa shape index (κ1) is 24.9. The number of carbonyl (C=O) groups is 1. The Morgan fingerprint density at radius 3 is 2.22 bits per heavy atom. The quantitative estimate of drug-likeness (QED) is 0.313. The summed E-state index contributed by atoms with van der Waals surface area (Å²) in [6.07, 6.45) is 1.46. The molecule has 0 saturated heterocycles. The molecule has 0 unspecified atom stereocenters. The Bertz CT molecular complexity index is 1310. The number of hydrogen-bond donors (Lipinski definition) is 1. The van der Waals surface area contributed by atoms with Crippen LogP contribution in [-0.4, -0.2) is 50.4 Å². The van der Waals surface area contributed by atoms with Gasteiger partial charge >= 0.3 is 0 Å². The van der Waals surface area contributed by atoms with Gasteiger partial charge in [0.2, 0.25) is 5.75 Å². The fraction of sp³-hybridized carbons (Fsp3) is 0.286. The van der Waals surface area contributed by atoms with E-state index in [1.165, 1.54) is 21.3 Å². The van der Waals surface area contributed by atoms with E-state index in [0.29, 0.717) is 35.9 Å². The highest BCUT2D eigenvalue weighted by Crippen LogP contribution is 2.38. The molecule has 8 nitrogen and oxygen atoms in total. The second-order valence-electron chi connectivity index (χ2n) is 8.22. The number of para-hydroxylation sites is 2. The smallest absolute Gasteiger partial charge is 0.251 e. The van der Waals surface area contributed by atoms with Gasteiger partial charge in [0, 0.05) is 25.1 Å². The molecule has 1 heterocycles. The molecule has 188 valence electrons. The second kappa shape index (κ2) is 11.5. The van der Waals surface area contributed by atoms with E-state index in [4.69, 9.17) is 23.9 Å². The number of methoxy groups -OCH3 is 4. The summed E-state index contributed by atoms with van der Waals surface area (Å²) in [5.74, 6) is 2.93. The zero-order valence-corrected chi connectivity index (χ0v) is 21.0. The lowest BCUT2D eigenvalue weighted by Crippen LogP contribution is -2.25. The van der Waals surface area contributed by atoms with E-state index in [2.05, 4.69) is 28.1 Å². The Balaban J connectivity index is 1.44. The van der Waals surface area contributed by atoms with Gasteiger partial charge in [-0.05, 0) is 48.4 Å². The summed E-state index contributed by atoms with van der Waals surface area (Å²) in [7, 11) is 6.24. The summed E-state index contributed by atoms with van der Waals surface area (Å²) in [5, 5.41) is 2.98. The first-order valence-electron chi connectivity index (χ1n) is 11.7. The monoisotopic (exact) mass is 489 g/mol. The molecule has 4 aromatic rings. The van der Waals surface area contributed by atoms with Gasteiger partial charge < -0.3 is 28.8 Å². The number of nitrogens with zero attached hydrogens (tertiary/aromatic N) is 2. The van der Waals surface area contributed by atoms with E-state index in [-0.39, 0.29) is 5.91 Å². The number of rotatable bonds is 11. The van der Waals surface area contributed by atoms with Crippen LogP contribution in [0.5, 0.6) is 23.0 Å². The highest BCUT2D eigenvalue weighted by molar-refractivity contribution is 5.95. The molecule has 0 saturated carbocycles. The van der Waals surface area contributed by atoms with E-state index < -0.39 is 0 Å². The third kappa shape index (κ3) is 5.38. The summed E-state index contributed by atoms with van der Waals surface area (Å²) >= 11 is 0. The molecule has 0 bridgehead atoms. The summed E-state index contributed by atoms with van der Waals surface area (Å²) < 4.78 is 23.6. The number of ether oxygens (including phenoxy) is 4. The van der Waals surface area contributed by atoms with Crippen LogP contribution in [0.4, 0.5) is 0 Å². The molecule has 0 spiro atoms. The molecule has 0 aliphatic rings. The van der Waals surface area contributed by atoms with Gasteiger partial charge in [-0.15, -0.1) is 0 Å². The van der Waals surface area contributed by atoms with E-state index in [9.17, 15) is 4.79 Å². The molecule has 3 aromatic carbocycles. The predicted molar refractivity (Wildman–Crippen MR) is 139 cm³/mol. The van der Waals surface area contributed by atoms with Gasteiger partial charge in [-0.1, -0.05) is 24.3 Å². The van der Waals surface area contributed by atoms with Crippen LogP contribution in [0.15, 0.2) is 60.7 Å². The minimum absolute atomic E-state index is 0.207. The van der Waals surface area contributed by atoms with Gasteiger partial charge in [0.15, 0.2) is 11.5 Å². The van der Waals surface area contributed by atoms with E-state index >= 15 is 0 Å². The van der Waals surface area contributed by atoms with Crippen molar-refractivity contribution in [2.75, 3.05) is 35.0 Å². The predicted octanol–water partition coefficient (Wildman–Crippen LogP) is 4.48. The van der Waals surface area contributed by atoms with Crippen molar-refractivity contribution in [3.8, 4) is 23.0 Å². The minimum Gasteiger partial charge on any atom is -0.497 e. The molecule has 8 heteroatoms. The number of fused-ring (bicyclic) bond motifs is 1. The largest absolute Gasteiger partial charge is 0.497 e. The van der Waals surface area contributed by atoms with Crippen molar-refractivity contribution >= 4 is 16.9 Å². The minimum atomic E-state index is -0.207. The average Bonchev–Trinajstić information content (AvgIpc) is 3.27. The van der Waals surface area contributed by atoms with Crippen LogP contribution in [0.25, 0.3) is 11.0 Å². The number of aromatic nitrogens is 2. The molecular weight excluding hydrogens is 458 g/mol. The Hall–Kier alpha value is -4.20. The van der Waals surface area contributed by atoms with Gasteiger partial charge in [0.05, 0.1) is 39.5 Å². The third-order valence-corrected chi connectivity index (χ3v) is 6.02. The topological polar surface area (TPSA) is 83.8 Å². The second-order valence-corrected chi connectivity index (χ2v) is 8.22. The van der Waals surface area contributed by atoms with E-state index in [0.717, 1.165) is 41.0 Å². The molecule has 0 aliphatic carbocycles. The Morgan fingerprint density at radius 2 is 1.58 bits per heavy atom. The maximum absolute atomic E-state index is 12.8. The van der Waals surface area contributed by atoms with Crippen LogP contribution in [0.1, 0.15) is 28.2 Å². The van der Waals surface area contributed by atoms with Gasteiger partial charge in [-0.3, -0.25) is 4.79 Å². The number of imidazole rings is 1. The molecular formula is C28H31N3O5. The lowest BCUT2D eigenvalue weighted by Gasteiger charge is -2.14. The maximum Gasteiger partial charge on any atom is 0.251 e. The molecule has 36 heavy (non-hydrogen) atoms. The van der Waals surface area contributed by atoms with Crippen molar-refractivity contribution in [1.29, 1.82) is 0 Å². The first-order chi connectivity index (χ1) is 17.6. The van der Waals surface area contributed by atoms with Crippen LogP contribution >= 0.6 is 0 Å². The lowest BCUT2D eigenvalue weighted by molar-refractivity contribution is 0.0952. The molecule has 1 amide bonds. The molecule has 0 fully saturated rings. The third-order valence-electron chi connectivity index (χ3n) is 6.02. The fourth-order valence-corrected chi connectivity index (χ4v) is 4.17. The SMILES string of the molecule is COc1ccc(Cn2c(CCCNC(=O)c3cc(OC)c(OC)c(OC)c3)nc3ccccc32)cc1. The van der Waals surface area contributed by atoms with Crippen LogP contribution in [0.2, 0.25) is 0 Å². The van der Waals surface area contributed by atoms with Crippen molar-refractivity contribution < 1.29 is 23.7 Å². The van der Waals surface area contributed by atoms with Crippen LogP contribution in [0, 0.1) is 0 Å². The molecule has 4 rings (SSSR count). The van der Waals surface area contributed by atoms with Crippen molar-refractivity contribution in [1.82, 2.24) is 14.9 Å². The number of carbonyl (C=O) groups excluding carboxylic acids is 1. The molecule has 1 aromatic heterocycles. The Morgan fingerprint density at radius 1 is 0.889 bits per heavy atom. The van der Waals surface area contributed by atoms with E-state index in [1.54, 1.807) is 19.2 Å². The summed E-state index contributed by atoms with van der Waals surface area (Å²) in [4.78, 5) is 17.7. The fourth-order valence-electron chi connectivity index (χ4n) is 4.17. The Labute approximate surface area is 210 Å². The molecule has 0 atom stereocenters. The van der Waals surface area contributed by atoms with Gasteiger partial charge in [-0.25, -0.2) is 4.98 Å². The zero-order chi connectivity index (χ0) is 25.5. The highest BCUT2D eigenvalue weighted by atomic mass is 16.5. The van der Waals surface area contributed by atoms with Crippen molar-refractivity contribution in [3.05, 3.63) is 77.6 Å². The van der Waals surface area contributed by atoms with Crippen molar-refractivity contribution in [3.63, 3.8) is 0 Å².